The first-order chi connectivity index (χ1) is 8.48. The van der Waals surface area contributed by atoms with Crippen LogP contribution in [0.25, 0.3) is 0 Å². The van der Waals surface area contributed by atoms with E-state index in [1.165, 1.54) is 12.8 Å². The number of nitrogens with zero attached hydrogens (tertiary/aromatic N) is 1. The maximum atomic E-state index is 12.3. The molecule has 0 aromatic carbocycles. The zero-order chi connectivity index (χ0) is 13.2. The summed E-state index contributed by atoms with van der Waals surface area (Å²) in [5.74, 6) is 0.781. The van der Waals surface area contributed by atoms with Crippen LogP contribution in [0.2, 0.25) is 0 Å². The third-order valence-corrected chi connectivity index (χ3v) is 4.85. The van der Waals surface area contributed by atoms with E-state index in [0.717, 1.165) is 38.8 Å². The van der Waals surface area contributed by atoms with Crippen molar-refractivity contribution in [2.75, 3.05) is 13.1 Å². The van der Waals surface area contributed by atoms with Crippen molar-refractivity contribution in [3.8, 4) is 0 Å². The molecule has 2 rings (SSSR count). The van der Waals surface area contributed by atoms with Gasteiger partial charge in [-0.2, -0.15) is 0 Å². The van der Waals surface area contributed by atoms with Gasteiger partial charge in [-0.3, -0.25) is 4.79 Å². The van der Waals surface area contributed by atoms with Crippen LogP contribution in [0, 0.1) is 11.3 Å². The van der Waals surface area contributed by atoms with E-state index in [1.807, 2.05) is 0 Å². The topological polar surface area (TPSA) is 46.3 Å². The molecule has 1 aliphatic carbocycles. The molecule has 1 amide bonds. The van der Waals surface area contributed by atoms with Gasteiger partial charge in [0.25, 0.3) is 0 Å². The molecule has 2 atom stereocenters. The third-order valence-electron chi connectivity index (χ3n) is 4.85. The second-order valence-corrected chi connectivity index (χ2v) is 6.96. The highest BCUT2D eigenvalue weighted by Gasteiger charge is 2.30. The minimum absolute atomic E-state index is 0.261. The van der Waals surface area contributed by atoms with Gasteiger partial charge in [-0.25, -0.2) is 0 Å². The summed E-state index contributed by atoms with van der Waals surface area (Å²) in [6, 6.07) is 0.261. The lowest BCUT2D eigenvalue weighted by atomic mass is 9.85. The fourth-order valence-corrected chi connectivity index (χ4v) is 3.34. The number of carbonyl (C=O) groups is 1. The van der Waals surface area contributed by atoms with Gasteiger partial charge in [-0.15, -0.1) is 0 Å². The first-order valence-corrected chi connectivity index (χ1v) is 7.51. The smallest absolute Gasteiger partial charge is 0.222 e. The second kappa shape index (κ2) is 5.60. The molecule has 1 aliphatic heterocycles. The summed E-state index contributed by atoms with van der Waals surface area (Å²) in [5.41, 5.74) is 6.46. The Morgan fingerprint density at radius 3 is 2.67 bits per heavy atom. The van der Waals surface area contributed by atoms with Crippen LogP contribution >= 0.6 is 0 Å². The maximum absolute atomic E-state index is 12.3. The third kappa shape index (κ3) is 3.47. The molecule has 3 nitrogen and oxygen atoms in total. The van der Waals surface area contributed by atoms with Crippen LogP contribution in [0.1, 0.15) is 58.8 Å². The number of hydrogen-bond acceptors (Lipinski definition) is 2. The van der Waals surface area contributed by atoms with Crippen LogP contribution < -0.4 is 5.73 Å². The van der Waals surface area contributed by atoms with E-state index in [9.17, 15) is 4.79 Å². The fraction of sp³-hybridized carbons (Fsp3) is 0.933. The quantitative estimate of drug-likeness (QED) is 0.821. The second-order valence-electron chi connectivity index (χ2n) is 6.96. The zero-order valence-corrected chi connectivity index (χ0v) is 12.0. The molecule has 18 heavy (non-hydrogen) atoms. The molecule has 0 radical (unpaired) electrons. The Bertz CT molecular complexity index is 301. The number of hydrogen-bond donors (Lipinski definition) is 1. The summed E-state index contributed by atoms with van der Waals surface area (Å²) in [7, 11) is 0. The summed E-state index contributed by atoms with van der Waals surface area (Å²) < 4.78 is 0. The predicted octanol–water partition coefficient (Wildman–Crippen LogP) is 2.54. The Labute approximate surface area is 111 Å². The maximum Gasteiger partial charge on any atom is 0.222 e. The molecular weight excluding hydrogens is 224 g/mol. The Morgan fingerprint density at radius 2 is 2.00 bits per heavy atom. The van der Waals surface area contributed by atoms with Crippen molar-refractivity contribution < 1.29 is 4.79 Å². The van der Waals surface area contributed by atoms with Crippen LogP contribution in [0.4, 0.5) is 0 Å². The van der Waals surface area contributed by atoms with E-state index < -0.39 is 0 Å². The minimum Gasteiger partial charge on any atom is -0.343 e. The highest BCUT2D eigenvalue weighted by Crippen LogP contribution is 2.31. The Balaban J connectivity index is 1.85. The van der Waals surface area contributed by atoms with Crippen molar-refractivity contribution >= 4 is 5.91 Å². The van der Waals surface area contributed by atoms with Crippen molar-refractivity contribution in [1.82, 2.24) is 4.90 Å². The molecule has 2 fully saturated rings. The summed E-state index contributed by atoms with van der Waals surface area (Å²) in [6.45, 7) is 6.51. The van der Waals surface area contributed by atoms with E-state index >= 15 is 0 Å². The zero-order valence-electron chi connectivity index (χ0n) is 12.0. The summed E-state index contributed by atoms with van der Waals surface area (Å²) in [4.78, 5) is 14.4. The molecule has 104 valence electrons. The van der Waals surface area contributed by atoms with E-state index in [4.69, 9.17) is 5.73 Å². The molecule has 2 aliphatic rings. The first-order valence-electron chi connectivity index (χ1n) is 7.51. The van der Waals surface area contributed by atoms with Gasteiger partial charge in [0.05, 0.1) is 0 Å². The normalized spacial score (nSPS) is 32.3. The molecule has 0 bridgehead atoms. The summed E-state index contributed by atoms with van der Waals surface area (Å²) in [5, 5.41) is 0. The van der Waals surface area contributed by atoms with Gasteiger partial charge in [0.2, 0.25) is 5.91 Å². The predicted molar refractivity (Wildman–Crippen MR) is 74.1 cm³/mol. The van der Waals surface area contributed by atoms with Crippen LogP contribution in [-0.2, 0) is 4.79 Å². The largest absolute Gasteiger partial charge is 0.343 e. The van der Waals surface area contributed by atoms with E-state index in [1.54, 1.807) is 0 Å². The average molecular weight is 252 g/mol. The number of likely N-dealkylation sites (tertiary alicyclic amines) is 1. The van der Waals surface area contributed by atoms with Crippen LogP contribution in [0.15, 0.2) is 0 Å². The number of rotatable bonds is 2. The van der Waals surface area contributed by atoms with Crippen molar-refractivity contribution in [1.29, 1.82) is 0 Å². The number of amides is 1. The standard InChI is InChI=1S/C15H28N2O/c1-15(2)7-4-9-17(10-8-15)14(18)11-12-5-3-6-13(12)16/h12-13H,3-11,16H2,1-2H3/t12-,13+/m0/s1. The average Bonchev–Trinajstić information content (AvgIpc) is 2.59. The molecule has 0 aromatic rings. The summed E-state index contributed by atoms with van der Waals surface area (Å²) >= 11 is 0. The molecule has 0 aromatic heterocycles. The minimum atomic E-state index is 0.261. The molecule has 1 saturated heterocycles. The Kier molecular flexibility index (Phi) is 4.31. The van der Waals surface area contributed by atoms with E-state index in [2.05, 4.69) is 18.7 Å². The van der Waals surface area contributed by atoms with Gasteiger partial charge in [-0.05, 0) is 43.4 Å². The molecule has 1 heterocycles. The van der Waals surface area contributed by atoms with Gasteiger partial charge in [0.1, 0.15) is 0 Å². The lowest BCUT2D eigenvalue weighted by molar-refractivity contribution is -0.132. The van der Waals surface area contributed by atoms with Crippen molar-refractivity contribution in [2.24, 2.45) is 17.1 Å². The Hall–Kier alpha value is -0.570. The SMILES string of the molecule is CC1(C)CCCN(C(=O)C[C@@H]2CCC[C@H]2N)CC1. The van der Waals surface area contributed by atoms with Crippen molar-refractivity contribution in [2.45, 2.75) is 64.8 Å². The van der Waals surface area contributed by atoms with Crippen molar-refractivity contribution in [3.05, 3.63) is 0 Å². The molecule has 3 heteroatoms. The number of carbonyl (C=O) groups excluding carboxylic acids is 1. The van der Waals surface area contributed by atoms with E-state index in [-0.39, 0.29) is 6.04 Å². The monoisotopic (exact) mass is 252 g/mol. The highest BCUT2D eigenvalue weighted by molar-refractivity contribution is 5.76. The van der Waals surface area contributed by atoms with Crippen LogP contribution in [0.5, 0.6) is 0 Å². The molecule has 0 spiro atoms. The van der Waals surface area contributed by atoms with Crippen LogP contribution in [0.3, 0.4) is 0 Å². The van der Waals surface area contributed by atoms with Gasteiger partial charge < -0.3 is 10.6 Å². The van der Waals surface area contributed by atoms with Gasteiger partial charge in [-0.1, -0.05) is 20.3 Å². The van der Waals surface area contributed by atoms with Gasteiger partial charge in [0.15, 0.2) is 0 Å². The summed E-state index contributed by atoms with van der Waals surface area (Å²) in [6.07, 6.45) is 7.65. The molecule has 2 N–H and O–H groups in total. The molecule has 0 unspecified atom stereocenters. The first kappa shape index (κ1) is 13.9. The molecular formula is C15H28N2O. The molecule has 1 saturated carbocycles. The van der Waals surface area contributed by atoms with Crippen molar-refractivity contribution in [3.63, 3.8) is 0 Å². The lowest BCUT2D eigenvalue weighted by Gasteiger charge is -2.25. The Morgan fingerprint density at radius 1 is 1.22 bits per heavy atom. The lowest BCUT2D eigenvalue weighted by Crippen LogP contribution is -2.36. The van der Waals surface area contributed by atoms with E-state index in [0.29, 0.717) is 23.7 Å². The van der Waals surface area contributed by atoms with Gasteiger partial charge in [0, 0.05) is 25.6 Å². The number of nitrogens with two attached hydrogens (primary N) is 1. The van der Waals surface area contributed by atoms with Gasteiger partial charge >= 0.3 is 0 Å². The highest BCUT2D eigenvalue weighted by atomic mass is 16.2. The van der Waals surface area contributed by atoms with Crippen LogP contribution in [-0.4, -0.2) is 29.9 Å². The fourth-order valence-electron chi connectivity index (χ4n) is 3.34.